The minimum atomic E-state index is -1.13. The molecule has 0 aliphatic carbocycles. The van der Waals surface area contributed by atoms with E-state index in [0.29, 0.717) is 0 Å². The second-order valence-corrected chi connectivity index (χ2v) is 6.40. The van der Waals surface area contributed by atoms with E-state index in [1.54, 1.807) is 24.3 Å². The van der Waals surface area contributed by atoms with Crippen molar-refractivity contribution in [2.24, 2.45) is 20.0 Å². The molecule has 0 saturated heterocycles. The van der Waals surface area contributed by atoms with Crippen LogP contribution in [0.2, 0.25) is 0 Å². The summed E-state index contributed by atoms with van der Waals surface area (Å²) in [7, 11) is 2.74. The number of carbonyl (C=O) groups is 2. The minimum Gasteiger partial charge on any atom is -0.481 e. The number of rotatable bonds is 3. The fraction of sp³-hybridized carbons (Fsp3) is 0.333. The Morgan fingerprint density at radius 2 is 1.81 bits per heavy atom. The first kappa shape index (κ1) is 18.4. The van der Waals surface area contributed by atoms with E-state index in [2.05, 4.69) is 0 Å². The van der Waals surface area contributed by atoms with Crippen LogP contribution in [0.25, 0.3) is 0 Å². The number of carbonyl (C=O) groups excluding carboxylic acids is 1. The number of aromatic nitrogens is 2. The highest BCUT2D eigenvalue weighted by molar-refractivity contribution is 5.89. The molecule has 1 aliphatic heterocycles. The molecule has 1 aliphatic rings. The van der Waals surface area contributed by atoms with Gasteiger partial charge in [0, 0.05) is 20.6 Å². The first-order valence-electron chi connectivity index (χ1n) is 8.31. The number of carboxylic acid groups (broad SMARTS) is 1. The van der Waals surface area contributed by atoms with Crippen LogP contribution in [0.15, 0.2) is 39.9 Å². The zero-order valence-corrected chi connectivity index (χ0v) is 14.9. The number of aliphatic carboxylic acids is 1. The van der Waals surface area contributed by atoms with Crippen molar-refractivity contribution in [2.75, 3.05) is 11.4 Å². The molecule has 0 radical (unpaired) electrons. The van der Waals surface area contributed by atoms with E-state index >= 15 is 0 Å². The number of nitrogens with zero attached hydrogens (tertiary/aromatic N) is 3. The lowest BCUT2D eigenvalue weighted by atomic mass is 9.95. The average Bonchev–Trinajstić information content (AvgIpc) is 2.68. The summed E-state index contributed by atoms with van der Waals surface area (Å²) in [5.41, 5.74) is -0.348. The van der Waals surface area contributed by atoms with Crippen LogP contribution in [-0.2, 0) is 36.7 Å². The van der Waals surface area contributed by atoms with Crippen molar-refractivity contribution in [1.29, 1.82) is 0 Å². The number of benzene rings is 1. The Morgan fingerprint density at radius 1 is 1.15 bits per heavy atom. The Morgan fingerprint density at radius 3 is 2.44 bits per heavy atom. The molecule has 2 heterocycles. The summed E-state index contributed by atoms with van der Waals surface area (Å²) in [4.78, 5) is 49.9. The molecule has 3 rings (SSSR count). The van der Waals surface area contributed by atoms with Gasteiger partial charge in [-0.1, -0.05) is 30.3 Å². The van der Waals surface area contributed by atoms with E-state index in [9.17, 15) is 24.3 Å². The largest absolute Gasteiger partial charge is 0.481 e. The maximum atomic E-state index is 12.6. The van der Waals surface area contributed by atoms with Crippen molar-refractivity contribution in [2.45, 2.75) is 13.0 Å². The maximum absolute atomic E-state index is 12.6. The highest BCUT2D eigenvalue weighted by Crippen LogP contribution is 2.27. The third kappa shape index (κ3) is 3.35. The molecule has 0 fully saturated rings. The molecule has 0 bridgehead atoms. The van der Waals surface area contributed by atoms with Gasteiger partial charge >= 0.3 is 17.8 Å². The fourth-order valence-corrected chi connectivity index (χ4v) is 3.17. The Bertz CT molecular complexity index is 1010. The van der Waals surface area contributed by atoms with Gasteiger partial charge in [0.05, 0.1) is 11.5 Å². The zero-order chi connectivity index (χ0) is 19.7. The summed E-state index contributed by atoms with van der Waals surface area (Å²) in [6.45, 7) is -0.196. The number of anilines is 1. The molecule has 9 nitrogen and oxygen atoms in total. The molecule has 142 valence electrons. The van der Waals surface area contributed by atoms with E-state index in [0.717, 1.165) is 15.0 Å². The van der Waals surface area contributed by atoms with Crippen molar-refractivity contribution in [3.05, 3.63) is 62.3 Å². The quantitative estimate of drug-likeness (QED) is 0.838. The van der Waals surface area contributed by atoms with E-state index in [1.165, 1.54) is 18.7 Å². The number of ether oxygens (including phenoxy) is 1. The van der Waals surface area contributed by atoms with Gasteiger partial charge in [-0.25, -0.2) is 9.59 Å². The molecule has 1 aromatic carbocycles. The summed E-state index contributed by atoms with van der Waals surface area (Å²) < 4.78 is 7.35. The lowest BCUT2D eigenvalue weighted by Crippen LogP contribution is -2.50. The van der Waals surface area contributed by atoms with E-state index in [-0.39, 0.29) is 31.0 Å². The van der Waals surface area contributed by atoms with Crippen LogP contribution in [0.3, 0.4) is 0 Å². The molecule has 1 unspecified atom stereocenters. The van der Waals surface area contributed by atoms with Gasteiger partial charge in [-0.3, -0.25) is 23.6 Å². The minimum absolute atomic E-state index is 0.0119. The summed E-state index contributed by atoms with van der Waals surface area (Å²) in [6.07, 6.45) is -0.872. The molecule has 0 spiro atoms. The molecular weight excluding hydrogens is 354 g/mol. The topological polar surface area (TPSA) is 111 Å². The Hall–Kier alpha value is -3.36. The Labute approximate surface area is 154 Å². The fourth-order valence-electron chi connectivity index (χ4n) is 3.17. The maximum Gasteiger partial charge on any atom is 0.415 e. The summed E-state index contributed by atoms with van der Waals surface area (Å²) in [5.74, 6) is -2.01. The normalized spacial score (nSPS) is 15.9. The number of hydrogen-bond acceptors (Lipinski definition) is 5. The summed E-state index contributed by atoms with van der Waals surface area (Å²) in [5, 5.41) is 9.40. The highest BCUT2D eigenvalue weighted by Gasteiger charge is 2.37. The first-order chi connectivity index (χ1) is 12.8. The standard InChI is InChI=1S/C18H19N3O6/c1-19-14-13(15(22)20(2)17(19)25)8-12(16(23)24)9-21(14)18(26)27-10-11-6-4-3-5-7-11/h3-7,12H,8-10H2,1-2H3,(H,23,24). The van der Waals surface area contributed by atoms with Gasteiger partial charge in [-0.15, -0.1) is 0 Å². The van der Waals surface area contributed by atoms with Crippen LogP contribution < -0.4 is 16.1 Å². The van der Waals surface area contributed by atoms with Gasteiger partial charge in [0.25, 0.3) is 5.56 Å². The van der Waals surface area contributed by atoms with Crippen LogP contribution in [0.4, 0.5) is 10.6 Å². The molecular formula is C18H19N3O6. The van der Waals surface area contributed by atoms with Gasteiger partial charge < -0.3 is 9.84 Å². The second-order valence-electron chi connectivity index (χ2n) is 6.40. The number of carboxylic acids is 1. The van der Waals surface area contributed by atoms with Crippen LogP contribution >= 0.6 is 0 Å². The van der Waals surface area contributed by atoms with Crippen molar-refractivity contribution >= 4 is 17.9 Å². The van der Waals surface area contributed by atoms with Crippen molar-refractivity contribution in [1.82, 2.24) is 9.13 Å². The van der Waals surface area contributed by atoms with Crippen molar-refractivity contribution in [3.63, 3.8) is 0 Å². The third-order valence-corrected chi connectivity index (χ3v) is 4.61. The SMILES string of the molecule is Cn1c2c(c(=O)n(C)c1=O)CC(C(=O)O)CN2C(=O)OCc1ccccc1. The first-order valence-corrected chi connectivity index (χ1v) is 8.31. The molecule has 9 heteroatoms. The summed E-state index contributed by atoms with van der Waals surface area (Å²) in [6, 6.07) is 8.99. The average molecular weight is 373 g/mol. The van der Waals surface area contributed by atoms with Gasteiger partial charge in [-0.05, 0) is 12.0 Å². The second kappa shape index (κ2) is 7.10. The Kier molecular flexibility index (Phi) is 4.85. The molecule has 2 aromatic rings. The number of amides is 1. The zero-order valence-electron chi connectivity index (χ0n) is 14.9. The van der Waals surface area contributed by atoms with Gasteiger partial charge in [0.1, 0.15) is 12.4 Å². The molecule has 27 heavy (non-hydrogen) atoms. The smallest absolute Gasteiger partial charge is 0.415 e. The third-order valence-electron chi connectivity index (χ3n) is 4.61. The van der Waals surface area contributed by atoms with Crippen LogP contribution in [-0.4, -0.2) is 32.8 Å². The molecule has 1 aromatic heterocycles. The lowest BCUT2D eigenvalue weighted by Gasteiger charge is -2.33. The van der Waals surface area contributed by atoms with E-state index in [4.69, 9.17) is 4.74 Å². The molecule has 1 atom stereocenters. The van der Waals surface area contributed by atoms with Crippen LogP contribution in [0.1, 0.15) is 11.1 Å². The predicted molar refractivity (Wildman–Crippen MR) is 95.7 cm³/mol. The molecule has 1 N–H and O–H groups in total. The van der Waals surface area contributed by atoms with Gasteiger partial charge in [0.2, 0.25) is 0 Å². The lowest BCUT2D eigenvalue weighted by molar-refractivity contribution is -0.141. The van der Waals surface area contributed by atoms with Crippen molar-refractivity contribution in [3.8, 4) is 0 Å². The number of hydrogen-bond donors (Lipinski definition) is 1. The van der Waals surface area contributed by atoms with Crippen molar-refractivity contribution < 1.29 is 19.4 Å². The Balaban J connectivity index is 2.00. The predicted octanol–water partition coefficient (Wildman–Crippen LogP) is 0.484. The van der Waals surface area contributed by atoms with Gasteiger partial charge in [0.15, 0.2) is 0 Å². The van der Waals surface area contributed by atoms with E-state index < -0.39 is 29.2 Å². The van der Waals surface area contributed by atoms with E-state index in [1.807, 2.05) is 6.07 Å². The van der Waals surface area contributed by atoms with Crippen LogP contribution in [0.5, 0.6) is 0 Å². The molecule has 0 saturated carbocycles. The number of fused-ring (bicyclic) bond motifs is 1. The highest BCUT2D eigenvalue weighted by atomic mass is 16.6. The van der Waals surface area contributed by atoms with Gasteiger partial charge in [-0.2, -0.15) is 0 Å². The monoisotopic (exact) mass is 373 g/mol. The molecule has 1 amide bonds. The van der Waals surface area contributed by atoms with Crippen LogP contribution in [0, 0.1) is 5.92 Å². The summed E-state index contributed by atoms with van der Waals surface area (Å²) >= 11 is 0.